The molecule has 1 unspecified atom stereocenters. The molecule has 0 aliphatic carbocycles. The molecule has 0 bridgehead atoms. The van der Waals surface area contributed by atoms with Crippen LogP contribution in [0.1, 0.15) is 30.1 Å². The van der Waals surface area contributed by atoms with E-state index in [-0.39, 0.29) is 6.10 Å². The molecule has 0 radical (unpaired) electrons. The van der Waals surface area contributed by atoms with Crippen molar-refractivity contribution in [3.63, 3.8) is 0 Å². The van der Waals surface area contributed by atoms with Crippen molar-refractivity contribution in [2.75, 3.05) is 13.2 Å². The van der Waals surface area contributed by atoms with Crippen LogP contribution in [0.3, 0.4) is 0 Å². The maximum Gasteiger partial charge on any atom is 0.0764 e. The van der Waals surface area contributed by atoms with Gasteiger partial charge in [-0.05, 0) is 18.1 Å². The monoisotopic (exact) mass is 178 g/mol. The maximum absolute atomic E-state index is 9.53. The smallest absolute Gasteiger partial charge is 0.0764 e. The molecule has 0 spiro atoms. The van der Waals surface area contributed by atoms with Gasteiger partial charge in [-0.1, -0.05) is 24.3 Å². The first kappa shape index (κ1) is 8.73. The van der Waals surface area contributed by atoms with Crippen LogP contribution < -0.4 is 0 Å². The highest BCUT2D eigenvalue weighted by Crippen LogP contribution is 2.29. The summed E-state index contributed by atoms with van der Waals surface area (Å²) in [6.07, 6.45) is -0.378. The van der Waals surface area contributed by atoms with Crippen LogP contribution in [0, 0.1) is 0 Å². The molecule has 2 heteroatoms. The first-order valence-electron chi connectivity index (χ1n) is 4.63. The standard InChI is InChI=1S/C11H14O2/c1-8(12)10-4-2-3-5-11(10)9-6-13-7-9/h2-5,8-9,12H,6-7H2,1H3. The summed E-state index contributed by atoms with van der Waals surface area (Å²) in [5.41, 5.74) is 2.28. The van der Waals surface area contributed by atoms with Crippen molar-refractivity contribution < 1.29 is 9.84 Å². The van der Waals surface area contributed by atoms with E-state index in [9.17, 15) is 5.11 Å². The summed E-state index contributed by atoms with van der Waals surface area (Å²) >= 11 is 0. The van der Waals surface area contributed by atoms with Crippen molar-refractivity contribution in [3.8, 4) is 0 Å². The molecule has 2 rings (SSSR count). The number of aliphatic hydroxyl groups excluding tert-OH is 1. The summed E-state index contributed by atoms with van der Waals surface area (Å²) in [5, 5.41) is 9.53. The number of rotatable bonds is 2. The molecule has 1 aliphatic rings. The zero-order valence-electron chi connectivity index (χ0n) is 7.73. The van der Waals surface area contributed by atoms with Crippen molar-refractivity contribution in [2.24, 2.45) is 0 Å². The predicted molar refractivity (Wildman–Crippen MR) is 50.6 cm³/mol. The maximum atomic E-state index is 9.53. The Hall–Kier alpha value is -0.860. The highest BCUT2D eigenvalue weighted by atomic mass is 16.5. The number of benzene rings is 1. The van der Waals surface area contributed by atoms with Gasteiger partial charge in [0.1, 0.15) is 0 Å². The summed E-state index contributed by atoms with van der Waals surface area (Å²) in [5.74, 6) is 0.491. The normalized spacial score (nSPS) is 19.5. The molecule has 13 heavy (non-hydrogen) atoms. The molecule has 0 aromatic heterocycles. The Kier molecular flexibility index (Phi) is 2.34. The predicted octanol–water partition coefficient (Wildman–Crippen LogP) is 1.85. The quantitative estimate of drug-likeness (QED) is 0.749. The fourth-order valence-corrected chi connectivity index (χ4v) is 1.68. The number of hydrogen-bond donors (Lipinski definition) is 1. The van der Waals surface area contributed by atoms with Crippen LogP contribution in [0.5, 0.6) is 0 Å². The zero-order valence-corrected chi connectivity index (χ0v) is 7.73. The second-order valence-electron chi connectivity index (χ2n) is 3.54. The van der Waals surface area contributed by atoms with Crippen molar-refractivity contribution in [1.29, 1.82) is 0 Å². The van der Waals surface area contributed by atoms with Crippen LogP contribution in [-0.2, 0) is 4.74 Å². The van der Waals surface area contributed by atoms with E-state index in [1.165, 1.54) is 5.56 Å². The Morgan fingerprint density at radius 3 is 2.62 bits per heavy atom. The molecule has 0 amide bonds. The van der Waals surface area contributed by atoms with Gasteiger partial charge in [0.2, 0.25) is 0 Å². The minimum atomic E-state index is -0.378. The van der Waals surface area contributed by atoms with Gasteiger partial charge < -0.3 is 9.84 Å². The van der Waals surface area contributed by atoms with Gasteiger partial charge in [-0.15, -0.1) is 0 Å². The fraction of sp³-hybridized carbons (Fsp3) is 0.455. The molecule has 1 fully saturated rings. The molecule has 1 saturated heterocycles. The molecule has 0 saturated carbocycles. The zero-order chi connectivity index (χ0) is 9.26. The van der Waals surface area contributed by atoms with E-state index in [1.54, 1.807) is 6.92 Å². The molecular formula is C11H14O2. The highest BCUT2D eigenvalue weighted by molar-refractivity contribution is 5.32. The first-order valence-corrected chi connectivity index (χ1v) is 4.63. The number of aliphatic hydroxyl groups is 1. The number of hydrogen-bond acceptors (Lipinski definition) is 2. The Labute approximate surface area is 78.2 Å². The average molecular weight is 178 g/mol. The first-order chi connectivity index (χ1) is 6.29. The van der Waals surface area contributed by atoms with Gasteiger partial charge in [0, 0.05) is 5.92 Å². The van der Waals surface area contributed by atoms with E-state index in [2.05, 4.69) is 6.07 Å². The minimum absolute atomic E-state index is 0.378. The van der Waals surface area contributed by atoms with E-state index in [1.807, 2.05) is 18.2 Å². The highest BCUT2D eigenvalue weighted by Gasteiger charge is 2.23. The van der Waals surface area contributed by atoms with Gasteiger partial charge in [0.05, 0.1) is 19.3 Å². The largest absolute Gasteiger partial charge is 0.389 e. The van der Waals surface area contributed by atoms with Crippen LogP contribution in [0.15, 0.2) is 24.3 Å². The van der Waals surface area contributed by atoms with Gasteiger partial charge in [-0.3, -0.25) is 0 Å². The van der Waals surface area contributed by atoms with E-state index in [0.717, 1.165) is 18.8 Å². The van der Waals surface area contributed by atoms with Gasteiger partial charge in [-0.2, -0.15) is 0 Å². The van der Waals surface area contributed by atoms with Gasteiger partial charge in [0.25, 0.3) is 0 Å². The SMILES string of the molecule is CC(O)c1ccccc1C1COC1. The van der Waals surface area contributed by atoms with E-state index in [4.69, 9.17) is 4.74 Å². The molecule has 2 nitrogen and oxygen atoms in total. The topological polar surface area (TPSA) is 29.5 Å². The Morgan fingerprint density at radius 1 is 1.38 bits per heavy atom. The molecule has 1 aromatic carbocycles. The second kappa shape index (κ2) is 3.48. The third-order valence-corrected chi connectivity index (χ3v) is 2.52. The van der Waals surface area contributed by atoms with Gasteiger partial charge in [-0.25, -0.2) is 0 Å². The van der Waals surface area contributed by atoms with Crippen molar-refractivity contribution in [2.45, 2.75) is 18.9 Å². The van der Waals surface area contributed by atoms with Crippen molar-refractivity contribution in [3.05, 3.63) is 35.4 Å². The lowest BCUT2D eigenvalue weighted by Gasteiger charge is -2.28. The summed E-state index contributed by atoms with van der Waals surface area (Å²) in [6.45, 7) is 3.39. The third kappa shape index (κ3) is 1.60. The summed E-state index contributed by atoms with van der Waals surface area (Å²) in [4.78, 5) is 0. The van der Waals surface area contributed by atoms with Crippen LogP contribution in [0.2, 0.25) is 0 Å². The van der Waals surface area contributed by atoms with Crippen LogP contribution in [0.25, 0.3) is 0 Å². The number of ether oxygens (including phenoxy) is 1. The molecule has 1 N–H and O–H groups in total. The molecule has 1 aromatic rings. The Morgan fingerprint density at radius 2 is 2.08 bits per heavy atom. The van der Waals surface area contributed by atoms with E-state index in [0.29, 0.717) is 5.92 Å². The summed E-state index contributed by atoms with van der Waals surface area (Å²) < 4.78 is 5.14. The average Bonchev–Trinajstić information content (AvgIpc) is 2.02. The molecule has 1 atom stereocenters. The Balaban J connectivity index is 2.31. The lowest BCUT2D eigenvalue weighted by molar-refractivity contribution is 0.00728. The molecule has 1 aliphatic heterocycles. The summed E-state index contributed by atoms with van der Waals surface area (Å²) in [7, 11) is 0. The van der Waals surface area contributed by atoms with E-state index < -0.39 is 0 Å². The fourth-order valence-electron chi connectivity index (χ4n) is 1.68. The van der Waals surface area contributed by atoms with Crippen LogP contribution in [0.4, 0.5) is 0 Å². The Bertz CT molecular complexity index is 290. The van der Waals surface area contributed by atoms with Crippen LogP contribution in [-0.4, -0.2) is 18.3 Å². The van der Waals surface area contributed by atoms with Gasteiger partial charge in [0.15, 0.2) is 0 Å². The lowest BCUT2D eigenvalue weighted by Crippen LogP contribution is -2.26. The van der Waals surface area contributed by atoms with Crippen molar-refractivity contribution in [1.82, 2.24) is 0 Å². The lowest BCUT2D eigenvalue weighted by atomic mass is 9.91. The van der Waals surface area contributed by atoms with Gasteiger partial charge >= 0.3 is 0 Å². The van der Waals surface area contributed by atoms with E-state index >= 15 is 0 Å². The van der Waals surface area contributed by atoms with Crippen molar-refractivity contribution >= 4 is 0 Å². The molecule has 70 valence electrons. The summed E-state index contributed by atoms with van der Waals surface area (Å²) in [6, 6.07) is 8.04. The third-order valence-electron chi connectivity index (χ3n) is 2.52. The molecule has 1 heterocycles. The molecular weight excluding hydrogens is 164 g/mol. The second-order valence-corrected chi connectivity index (χ2v) is 3.54. The van der Waals surface area contributed by atoms with Crippen LogP contribution >= 0.6 is 0 Å². The minimum Gasteiger partial charge on any atom is -0.389 e.